The summed E-state index contributed by atoms with van der Waals surface area (Å²) in [7, 11) is 0. The quantitative estimate of drug-likeness (QED) is 0.617. The molecule has 0 aromatic heterocycles. The van der Waals surface area contributed by atoms with Crippen LogP contribution in [0.4, 0.5) is 10.1 Å². The summed E-state index contributed by atoms with van der Waals surface area (Å²) in [6, 6.07) is 4.74. The van der Waals surface area contributed by atoms with E-state index in [1.54, 1.807) is 12.1 Å². The van der Waals surface area contributed by atoms with E-state index in [1.165, 1.54) is 6.07 Å². The normalized spacial score (nSPS) is 15.2. The molecule has 0 spiro atoms. The van der Waals surface area contributed by atoms with Crippen molar-refractivity contribution >= 4 is 22.9 Å². The van der Waals surface area contributed by atoms with Gasteiger partial charge in [-0.2, -0.15) is 0 Å². The first-order valence-corrected chi connectivity index (χ1v) is 4.25. The van der Waals surface area contributed by atoms with E-state index < -0.39 is 0 Å². The molecule has 0 radical (unpaired) electrons. The SMILES string of the molecule is Fc1ccc2c(c1)CCC(=S)N2. The summed E-state index contributed by atoms with van der Waals surface area (Å²) in [6.45, 7) is 0. The van der Waals surface area contributed by atoms with Gasteiger partial charge in [0, 0.05) is 12.1 Å². The number of aryl methyl sites for hydroxylation is 1. The fourth-order valence-corrected chi connectivity index (χ4v) is 1.56. The lowest BCUT2D eigenvalue weighted by molar-refractivity contribution is 0.625. The van der Waals surface area contributed by atoms with Crippen molar-refractivity contribution in [3.05, 3.63) is 29.6 Å². The van der Waals surface area contributed by atoms with Crippen LogP contribution in [-0.4, -0.2) is 4.99 Å². The van der Waals surface area contributed by atoms with Crippen molar-refractivity contribution < 1.29 is 4.39 Å². The van der Waals surface area contributed by atoms with Gasteiger partial charge >= 0.3 is 0 Å². The summed E-state index contributed by atoms with van der Waals surface area (Å²) in [6.07, 6.45) is 1.67. The van der Waals surface area contributed by atoms with Crippen LogP contribution in [0.3, 0.4) is 0 Å². The summed E-state index contributed by atoms with van der Waals surface area (Å²) in [4.78, 5) is 0.842. The first-order valence-electron chi connectivity index (χ1n) is 3.84. The average Bonchev–Trinajstić information content (AvgIpc) is 2.05. The van der Waals surface area contributed by atoms with Crippen LogP contribution < -0.4 is 5.32 Å². The molecule has 1 aromatic carbocycles. The number of hydrogen-bond acceptors (Lipinski definition) is 1. The molecule has 1 aliphatic heterocycles. The third kappa shape index (κ3) is 1.32. The second kappa shape index (κ2) is 2.83. The summed E-state index contributed by atoms with van der Waals surface area (Å²) in [5, 5.41) is 3.05. The van der Waals surface area contributed by atoms with E-state index in [0.717, 1.165) is 29.1 Å². The van der Waals surface area contributed by atoms with Gasteiger partial charge in [0.1, 0.15) is 5.82 Å². The molecule has 0 bridgehead atoms. The van der Waals surface area contributed by atoms with E-state index in [1.807, 2.05) is 0 Å². The average molecular weight is 181 g/mol. The highest BCUT2D eigenvalue weighted by molar-refractivity contribution is 7.80. The Kier molecular flexibility index (Phi) is 1.81. The molecule has 1 N–H and O–H groups in total. The van der Waals surface area contributed by atoms with Gasteiger partial charge in [-0.15, -0.1) is 0 Å². The van der Waals surface area contributed by atoms with Crippen molar-refractivity contribution in [3.8, 4) is 0 Å². The fraction of sp³-hybridized carbons (Fsp3) is 0.222. The van der Waals surface area contributed by atoms with Crippen molar-refractivity contribution in [1.82, 2.24) is 0 Å². The van der Waals surface area contributed by atoms with Crippen molar-refractivity contribution in [3.63, 3.8) is 0 Å². The van der Waals surface area contributed by atoms with Gasteiger partial charge in [-0.3, -0.25) is 0 Å². The number of thiocarbonyl (C=S) groups is 1. The first kappa shape index (κ1) is 7.68. The van der Waals surface area contributed by atoms with Gasteiger partial charge in [-0.25, -0.2) is 4.39 Å². The molecule has 0 saturated carbocycles. The Bertz CT molecular complexity index is 335. The summed E-state index contributed by atoms with van der Waals surface area (Å²) < 4.78 is 12.7. The molecule has 1 aliphatic rings. The van der Waals surface area contributed by atoms with Crippen molar-refractivity contribution in [2.75, 3.05) is 5.32 Å². The molecule has 0 saturated heterocycles. The van der Waals surface area contributed by atoms with E-state index in [4.69, 9.17) is 12.2 Å². The molecule has 12 heavy (non-hydrogen) atoms. The Labute approximate surface area is 75.6 Å². The first-order chi connectivity index (χ1) is 5.75. The number of fused-ring (bicyclic) bond motifs is 1. The summed E-state index contributed by atoms with van der Waals surface area (Å²) in [5.41, 5.74) is 1.97. The maximum Gasteiger partial charge on any atom is 0.123 e. The van der Waals surface area contributed by atoms with Crippen molar-refractivity contribution in [1.29, 1.82) is 0 Å². The number of benzene rings is 1. The van der Waals surface area contributed by atoms with E-state index in [2.05, 4.69) is 5.32 Å². The van der Waals surface area contributed by atoms with Crippen LogP contribution in [0.2, 0.25) is 0 Å². The lowest BCUT2D eigenvalue weighted by Gasteiger charge is -2.18. The monoisotopic (exact) mass is 181 g/mol. The van der Waals surface area contributed by atoms with Gasteiger partial charge in [-0.05, 0) is 30.2 Å². The third-order valence-corrected chi connectivity index (χ3v) is 2.27. The van der Waals surface area contributed by atoms with E-state index in [0.29, 0.717) is 0 Å². The molecule has 1 nitrogen and oxygen atoms in total. The Hall–Kier alpha value is -0.960. The van der Waals surface area contributed by atoms with Crippen LogP contribution in [0.5, 0.6) is 0 Å². The zero-order valence-corrected chi connectivity index (χ0v) is 7.25. The van der Waals surface area contributed by atoms with E-state index in [-0.39, 0.29) is 5.82 Å². The van der Waals surface area contributed by atoms with Crippen LogP contribution in [0, 0.1) is 5.82 Å². The minimum absolute atomic E-state index is 0.177. The van der Waals surface area contributed by atoms with E-state index in [9.17, 15) is 4.39 Å². The predicted molar refractivity (Wildman–Crippen MR) is 50.9 cm³/mol. The van der Waals surface area contributed by atoms with Gasteiger partial charge in [0.05, 0.1) is 4.99 Å². The fourth-order valence-electron chi connectivity index (χ4n) is 1.35. The van der Waals surface area contributed by atoms with Gasteiger partial charge in [0.15, 0.2) is 0 Å². The zero-order valence-electron chi connectivity index (χ0n) is 6.43. The van der Waals surface area contributed by atoms with Crippen LogP contribution in [-0.2, 0) is 6.42 Å². The lowest BCUT2D eigenvalue weighted by Crippen LogP contribution is -2.17. The highest BCUT2D eigenvalue weighted by atomic mass is 32.1. The highest BCUT2D eigenvalue weighted by Gasteiger charge is 2.11. The largest absolute Gasteiger partial charge is 0.350 e. The Balaban J connectivity index is 2.43. The van der Waals surface area contributed by atoms with Gasteiger partial charge in [0.2, 0.25) is 0 Å². The Morgan fingerprint density at radius 1 is 1.33 bits per heavy atom. The number of anilines is 1. The highest BCUT2D eigenvalue weighted by Crippen LogP contribution is 2.23. The minimum Gasteiger partial charge on any atom is -0.350 e. The third-order valence-electron chi connectivity index (χ3n) is 1.96. The van der Waals surface area contributed by atoms with Crippen LogP contribution >= 0.6 is 12.2 Å². The van der Waals surface area contributed by atoms with Crippen LogP contribution in [0.25, 0.3) is 0 Å². The number of nitrogens with one attached hydrogen (secondary N) is 1. The van der Waals surface area contributed by atoms with Crippen LogP contribution in [0.15, 0.2) is 18.2 Å². The molecule has 0 unspecified atom stereocenters. The lowest BCUT2D eigenvalue weighted by atomic mass is 10.0. The Morgan fingerprint density at radius 3 is 3.00 bits per heavy atom. The minimum atomic E-state index is -0.177. The molecule has 0 atom stereocenters. The molecule has 0 fully saturated rings. The maximum atomic E-state index is 12.7. The predicted octanol–water partition coefficient (Wildman–Crippen LogP) is 2.51. The number of rotatable bonds is 0. The van der Waals surface area contributed by atoms with E-state index >= 15 is 0 Å². The summed E-state index contributed by atoms with van der Waals surface area (Å²) in [5.74, 6) is -0.177. The Morgan fingerprint density at radius 2 is 2.17 bits per heavy atom. The molecule has 2 rings (SSSR count). The molecule has 0 aliphatic carbocycles. The molecular weight excluding hydrogens is 173 g/mol. The summed E-state index contributed by atoms with van der Waals surface area (Å²) >= 11 is 5.01. The van der Waals surface area contributed by atoms with Gasteiger partial charge < -0.3 is 5.32 Å². The zero-order chi connectivity index (χ0) is 8.55. The molecule has 1 heterocycles. The number of hydrogen-bond donors (Lipinski definition) is 1. The molecule has 62 valence electrons. The topological polar surface area (TPSA) is 12.0 Å². The maximum absolute atomic E-state index is 12.7. The molecule has 1 aromatic rings. The molecule has 0 amide bonds. The number of halogens is 1. The van der Waals surface area contributed by atoms with Gasteiger partial charge in [-0.1, -0.05) is 12.2 Å². The molecule has 3 heteroatoms. The standard InChI is InChI=1S/C9H8FNS/c10-7-2-3-8-6(5-7)1-4-9(12)11-8/h2-3,5H,1,4H2,(H,11,12). The smallest absolute Gasteiger partial charge is 0.123 e. The second-order valence-electron chi connectivity index (χ2n) is 2.85. The van der Waals surface area contributed by atoms with Crippen LogP contribution in [0.1, 0.15) is 12.0 Å². The second-order valence-corrected chi connectivity index (χ2v) is 3.34. The van der Waals surface area contributed by atoms with Gasteiger partial charge in [0.25, 0.3) is 0 Å². The van der Waals surface area contributed by atoms with Crippen molar-refractivity contribution in [2.24, 2.45) is 0 Å². The molecular formula is C9H8FNS. The van der Waals surface area contributed by atoms with Crippen molar-refractivity contribution in [2.45, 2.75) is 12.8 Å².